The van der Waals surface area contributed by atoms with Crippen LogP contribution in [0.15, 0.2) is 97.2 Å². The average molecular weight is 879 g/mol. The maximum atomic E-state index is 12.6. The molecule has 0 aromatic carbocycles. The molecule has 0 aliphatic heterocycles. The van der Waals surface area contributed by atoms with Gasteiger partial charge in [0.1, 0.15) is 12.7 Å². The fourth-order valence-electron chi connectivity index (χ4n) is 5.36. The SMILES string of the molecule is CC/C=C\C/C=C\C/C=C\C/C=C\C[C@H](O)[C@@H](O)CCCC(=O)OC[C@H](COP(=O)(O)OC[C@@H](O)CO)OC(=O)CCCCC/C=C\C/C=C\C/C=C\C/C=C\CCCCC. The zero-order chi connectivity index (χ0) is 45.1. The highest BCUT2D eigenvalue weighted by Gasteiger charge is 2.27. The lowest BCUT2D eigenvalue weighted by Crippen LogP contribution is -2.30. The highest BCUT2D eigenvalue weighted by Crippen LogP contribution is 2.43. The zero-order valence-electron chi connectivity index (χ0n) is 37.1. The molecule has 0 aliphatic carbocycles. The summed E-state index contributed by atoms with van der Waals surface area (Å²) in [6.45, 7) is 1.84. The van der Waals surface area contributed by atoms with Crippen LogP contribution in [0.1, 0.15) is 142 Å². The Morgan fingerprint density at radius 3 is 1.59 bits per heavy atom. The van der Waals surface area contributed by atoms with Crippen molar-refractivity contribution in [2.75, 3.05) is 26.4 Å². The summed E-state index contributed by atoms with van der Waals surface area (Å²) in [6, 6.07) is 0. The number of unbranched alkanes of at least 4 members (excludes halogenated alkanes) is 6. The molecule has 13 heteroatoms. The largest absolute Gasteiger partial charge is 0.472 e. The Morgan fingerprint density at radius 2 is 1.05 bits per heavy atom. The molecule has 0 radical (unpaired) electrons. The Morgan fingerprint density at radius 1 is 0.557 bits per heavy atom. The van der Waals surface area contributed by atoms with Crippen LogP contribution in [-0.2, 0) is 32.7 Å². The van der Waals surface area contributed by atoms with Crippen LogP contribution in [-0.4, -0.2) is 88.1 Å². The number of hydrogen-bond acceptors (Lipinski definition) is 11. The van der Waals surface area contributed by atoms with Gasteiger partial charge in [-0.3, -0.25) is 18.6 Å². The minimum Gasteiger partial charge on any atom is -0.462 e. The van der Waals surface area contributed by atoms with Crippen LogP contribution in [0.5, 0.6) is 0 Å². The lowest BCUT2D eigenvalue weighted by atomic mass is 10.0. The minimum absolute atomic E-state index is 0.0795. The van der Waals surface area contributed by atoms with E-state index in [1.807, 2.05) is 12.2 Å². The third kappa shape index (κ3) is 40.6. The molecule has 0 rings (SSSR count). The normalized spacial score (nSPS) is 15.7. The zero-order valence-corrected chi connectivity index (χ0v) is 38.0. The van der Waals surface area contributed by atoms with Crippen molar-refractivity contribution in [3.8, 4) is 0 Å². The molecule has 0 aliphatic rings. The molecule has 0 amide bonds. The minimum atomic E-state index is -4.71. The Hall–Kier alpha value is -3.19. The number of hydrogen-bond donors (Lipinski definition) is 5. The van der Waals surface area contributed by atoms with Crippen LogP contribution in [0.3, 0.4) is 0 Å². The summed E-state index contributed by atoms with van der Waals surface area (Å²) in [5.74, 6) is -1.26. The number of rotatable bonds is 40. The van der Waals surface area contributed by atoms with Crippen LogP contribution in [0.25, 0.3) is 0 Å². The van der Waals surface area contributed by atoms with Crippen LogP contribution >= 0.6 is 7.82 Å². The number of carbonyl (C=O) groups is 2. The molecule has 5 N–H and O–H groups in total. The van der Waals surface area contributed by atoms with E-state index in [9.17, 15) is 34.4 Å². The number of phosphoric acid groups is 1. The second kappa shape index (κ2) is 42.1. The first-order valence-corrected chi connectivity index (χ1v) is 23.9. The van der Waals surface area contributed by atoms with Gasteiger partial charge < -0.3 is 34.8 Å². The van der Waals surface area contributed by atoms with E-state index in [0.29, 0.717) is 12.8 Å². The third-order valence-corrected chi connectivity index (χ3v) is 9.87. The standard InChI is InChI=1S/C48H79O12P/c1-3-5-7-9-11-13-15-17-18-19-20-21-22-23-25-27-29-31-33-37-48(54)60-44(42-59-61(55,56)58-40-43(50)39-49)41-57-47(53)38-34-36-46(52)45(51)35-32-30-28-26-24-16-14-12-10-8-6-4-2/h6,8,11-14,17-18,20-21,23-26,30,32,43-46,49-52H,3-5,7,9-10,15-16,19,22,27-29,31,33-42H2,1-2H3,(H,55,56)/b8-6-,13-11-,14-12-,18-17-,21-20-,25-23-,26-24-,32-30-/t43-,44+,45-,46-/m0/s1. The first kappa shape index (κ1) is 57.8. The Balaban J connectivity index is 4.60. The second-order valence-electron chi connectivity index (χ2n) is 14.6. The predicted octanol–water partition coefficient (Wildman–Crippen LogP) is 9.94. The topological polar surface area (TPSA) is 189 Å². The van der Waals surface area contributed by atoms with Gasteiger partial charge in [-0.15, -0.1) is 0 Å². The van der Waals surface area contributed by atoms with Crippen LogP contribution < -0.4 is 0 Å². The number of esters is 2. The molecule has 0 saturated carbocycles. The van der Waals surface area contributed by atoms with Gasteiger partial charge in [0.2, 0.25) is 0 Å². The molecule has 1 unspecified atom stereocenters. The molecule has 0 aromatic heterocycles. The summed E-state index contributed by atoms with van der Waals surface area (Å²) in [5, 5.41) is 39.0. The number of ether oxygens (including phenoxy) is 2. The number of aliphatic hydroxyl groups excluding tert-OH is 4. The average Bonchev–Trinajstić information content (AvgIpc) is 3.24. The third-order valence-electron chi connectivity index (χ3n) is 8.92. The molecular formula is C48H79O12P. The van der Waals surface area contributed by atoms with Crippen molar-refractivity contribution in [2.24, 2.45) is 0 Å². The van der Waals surface area contributed by atoms with E-state index in [1.54, 1.807) is 6.08 Å². The predicted molar refractivity (Wildman–Crippen MR) is 244 cm³/mol. The molecule has 0 bridgehead atoms. The van der Waals surface area contributed by atoms with Crippen LogP contribution in [0.2, 0.25) is 0 Å². The lowest BCUT2D eigenvalue weighted by Gasteiger charge is -2.20. The smallest absolute Gasteiger partial charge is 0.462 e. The van der Waals surface area contributed by atoms with E-state index in [1.165, 1.54) is 19.3 Å². The van der Waals surface area contributed by atoms with Gasteiger partial charge in [-0.1, -0.05) is 130 Å². The molecule has 0 aromatic rings. The van der Waals surface area contributed by atoms with Crippen LogP contribution in [0.4, 0.5) is 0 Å². The summed E-state index contributed by atoms with van der Waals surface area (Å²) < 4.78 is 32.5. The summed E-state index contributed by atoms with van der Waals surface area (Å²) in [4.78, 5) is 35.1. The first-order valence-electron chi connectivity index (χ1n) is 22.4. The molecule has 0 fully saturated rings. The lowest BCUT2D eigenvalue weighted by molar-refractivity contribution is -0.161. The molecule has 12 nitrogen and oxygen atoms in total. The highest BCUT2D eigenvalue weighted by atomic mass is 31.2. The van der Waals surface area contributed by atoms with Crippen molar-refractivity contribution >= 4 is 19.8 Å². The molecule has 0 saturated heterocycles. The monoisotopic (exact) mass is 879 g/mol. The number of aliphatic hydroxyl groups is 4. The summed E-state index contributed by atoms with van der Waals surface area (Å²) in [6.07, 6.45) is 44.0. The van der Waals surface area contributed by atoms with Gasteiger partial charge in [-0.2, -0.15) is 0 Å². The maximum absolute atomic E-state index is 12.6. The Kier molecular flexibility index (Phi) is 39.9. The Bertz CT molecular complexity index is 1370. The number of phosphoric ester groups is 1. The van der Waals surface area contributed by atoms with E-state index in [-0.39, 0.29) is 32.1 Å². The molecule has 0 heterocycles. The molecule has 0 spiro atoms. The van der Waals surface area contributed by atoms with Crippen molar-refractivity contribution in [3.05, 3.63) is 97.2 Å². The van der Waals surface area contributed by atoms with Crippen molar-refractivity contribution in [1.82, 2.24) is 0 Å². The van der Waals surface area contributed by atoms with Gasteiger partial charge >= 0.3 is 19.8 Å². The van der Waals surface area contributed by atoms with E-state index >= 15 is 0 Å². The first-order chi connectivity index (χ1) is 29.5. The quantitative estimate of drug-likeness (QED) is 0.0170. The molecule has 61 heavy (non-hydrogen) atoms. The van der Waals surface area contributed by atoms with Crippen LogP contribution in [0, 0.1) is 0 Å². The second-order valence-corrected chi connectivity index (χ2v) is 16.1. The van der Waals surface area contributed by atoms with Gasteiger partial charge in [-0.05, 0) is 96.3 Å². The fourth-order valence-corrected chi connectivity index (χ4v) is 6.15. The summed E-state index contributed by atoms with van der Waals surface area (Å²) >= 11 is 0. The summed E-state index contributed by atoms with van der Waals surface area (Å²) in [5.41, 5.74) is 0. The molecule has 5 atom stereocenters. The van der Waals surface area contributed by atoms with E-state index < -0.39 is 70.6 Å². The van der Waals surface area contributed by atoms with Gasteiger partial charge in [-0.25, -0.2) is 4.57 Å². The summed E-state index contributed by atoms with van der Waals surface area (Å²) in [7, 11) is -4.71. The van der Waals surface area contributed by atoms with Crippen molar-refractivity contribution in [1.29, 1.82) is 0 Å². The van der Waals surface area contributed by atoms with E-state index in [2.05, 4.69) is 97.4 Å². The number of carbonyl (C=O) groups excluding carboxylic acids is 2. The number of allylic oxidation sites excluding steroid dienone is 15. The van der Waals surface area contributed by atoms with E-state index in [0.717, 1.165) is 64.2 Å². The maximum Gasteiger partial charge on any atom is 0.472 e. The fraction of sp³-hybridized carbons (Fsp3) is 0.625. The van der Waals surface area contributed by atoms with Gasteiger partial charge in [0.25, 0.3) is 0 Å². The van der Waals surface area contributed by atoms with Gasteiger partial charge in [0, 0.05) is 12.8 Å². The van der Waals surface area contributed by atoms with Crippen molar-refractivity contribution < 1.29 is 58.0 Å². The van der Waals surface area contributed by atoms with Crippen molar-refractivity contribution in [2.45, 2.75) is 167 Å². The van der Waals surface area contributed by atoms with Gasteiger partial charge in [0.15, 0.2) is 6.10 Å². The van der Waals surface area contributed by atoms with Crippen molar-refractivity contribution in [3.63, 3.8) is 0 Å². The molecule has 348 valence electrons. The Labute approximate surface area is 367 Å². The molecular weight excluding hydrogens is 799 g/mol. The van der Waals surface area contributed by atoms with E-state index in [4.69, 9.17) is 19.1 Å². The highest BCUT2D eigenvalue weighted by molar-refractivity contribution is 7.47. The van der Waals surface area contributed by atoms with Gasteiger partial charge in [0.05, 0.1) is 32.0 Å².